The van der Waals surface area contributed by atoms with Crippen molar-refractivity contribution in [2.75, 3.05) is 25.1 Å². The van der Waals surface area contributed by atoms with Gasteiger partial charge in [0.25, 0.3) is 5.91 Å². The van der Waals surface area contributed by atoms with Gasteiger partial charge in [0, 0.05) is 11.6 Å². The van der Waals surface area contributed by atoms with Crippen LogP contribution in [0.25, 0.3) is 11.3 Å². The fourth-order valence-electron chi connectivity index (χ4n) is 1.97. The van der Waals surface area contributed by atoms with Crippen LogP contribution in [0.15, 0.2) is 34.9 Å². The van der Waals surface area contributed by atoms with Crippen molar-refractivity contribution in [2.24, 2.45) is 0 Å². The van der Waals surface area contributed by atoms with Gasteiger partial charge in [-0.2, -0.15) is 0 Å². The lowest BCUT2D eigenvalue weighted by molar-refractivity contribution is -0.142. The Kier molecular flexibility index (Phi) is 3.94. The van der Waals surface area contributed by atoms with Crippen LogP contribution in [0.2, 0.25) is 0 Å². The Balaban J connectivity index is 1.70. The summed E-state index contributed by atoms with van der Waals surface area (Å²) in [6.45, 7) is 1.04. The van der Waals surface area contributed by atoms with E-state index in [1.807, 2.05) is 0 Å². The molecule has 1 saturated heterocycles. The average Bonchev–Trinajstić information content (AvgIpc) is 2.97. The first-order chi connectivity index (χ1) is 10.2. The third kappa shape index (κ3) is 3.09. The molecule has 1 N–H and O–H groups in total. The van der Waals surface area contributed by atoms with Crippen LogP contribution in [0.3, 0.4) is 0 Å². The van der Waals surface area contributed by atoms with Gasteiger partial charge in [0.1, 0.15) is 11.5 Å². The van der Waals surface area contributed by atoms with E-state index in [9.17, 15) is 9.18 Å². The van der Waals surface area contributed by atoms with Crippen molar-refractivity contribution in [3.63, 3.8) is 0 Å². The molecule has 1 fully saturated rings. The number of carbonyl (C=O) groups is 1. The van der Waals surface area contributed by atoms with Crippen molar-refractivity contribution in [3.8, 4) is 11.3 Å². The third-order valence-corrected chi connectivity index (χ3v) is 3.01. The molecule has 1 unspecified atom stereocenters. The Morgan fingerprint density at radius 2 is 2.19 bits per heavy atom. The maximum atomic E-state index is 13.6. The second-order valence-electron chi connectivity index (χ2n) is 4.48. The largest absolute Gasteiger partial charge is 0.376 e. The van der Waals surface area contributed by atoms with E-state index in [4.69, 9.17) is 14.0 Å². The van der Waals surface area contributed by atoms with Gasteiger partial charge in [-0.3, -0.25) is 10.1 Å². The number of carbonyl (C=O) groups excluding carboxylic acids is 1. The van der Waals surface area contributed by atoms with Crippen LogP contribution in [0.4, 0.5) is 10.3 Å². The van der Waals surface area contributed by atoms with E-state index in [1.54, 1.807) is 18.2 Å². The molecule has 3 rings (SSSR count). The molecule has 7 heteroatoms. The zero-order valence-corrected chi connectivity index (χ0v) is 11.0. The average molecular weight is 292 g/mol. The number of hydrogen-bond acceptors (Lipinski definition) is 5. The lowest BCUT2D eigenvalue weighted by Gasteiger charge is -2.21. The number of amides is 1. The van der Waals surface area contributed by atoms with Crippen LogP contribution >= 0.6 is 0 Å². The first-order valence-electron chi connectivity index (χ1n) is 6.46. The van der Waals surface area contributed by atoms with Gasteiger partial charge < -0.3 is 14.0 Å². The van der Waals surface area contributed by atoms with Crippen LogP contribution in [0.5, 0.6) is 0 Å². The Labute approximate surface area is 119 Å². The summed E-state index contributed by atoms with van der Waals surface area (Å²) in [5.41, 5.74) is 0.614. The minimum Gasteiger partial charge on any atom is -0.376 e. The molecule has 1 aromatic carbocycles. The maximum Gasteiger partial charge on any atom is 0.258 e. The van der Waals surface area contributed by atoms with E-state index in [2.05, 4.69) is 10.5 Å². The van der Waals surface area contributed by atoms with Gasteiger partial charge in [-0.25, -0.2) is 4.39 Å². The standard InChI is InChI=1S/C14H13FN2O4/c15-10-4-2-1-3-9(10)11-7-13(21-17-11)16-14(18)12-8-19-5-6-20-12/h1-4,7,12H,5-6,8H2,(H,16,18). The van der Waals surface area contributed by atoms with Crippen molar-refractivity contribution in [1.82, 2.24) is 5.16 Å². The van der Waals surface area contributed by atoms with Gasteiger partial charge in [-0.05, 0) is 12.1 Å². The zero-order chi connectivity index (χ0) is 14.7. The molecule has 2 heterocycles. The molecular weight excluding hydrogens is 279 g/mol. The molecule has 21 heavy (non-hydrogen) atoms. The highest BCUT2D eigenvalue weighted by Gasteiger charge is 2.24. The number of rotatable bonds is 3. The summed E-state index contributed by atoms with van der Waals surface area (Å²) < 4.78 is 29.0. The molecule has 1 aliphatic rings. The van der Waals surface area contributed by atoms with Gasteiger partial charge in [-0.1, -0.05) is 17.3 Å². The normalized spacial score (nSPS) is 18.4. The summed E-state index contributed by atoms with van der Waals surface area (Å²) in [6.07, 6.45) is -0.680. The molecule has 6 nitrogen and oxygen atoms in total. The van der Waals surface area contributed by atoms with Crippen molar-refractivity contribution < 1.29 is 23.2 Å². The number of halogens is 1. The quantitative estimate of drug-likeness (QED) is 0.934. The summed E-state index contributed by atoms with van der Waals surface area (Å²) in [6, 6.07) is 7.65. The Bertz CT molecular complexity index is 637. The summed E-state index contributed by atoms with van der Waals surface area (Å²) in [5.74, 6) is -0.661. The molecule has 0 aliphatic carbocycles. The van der Waals surface area contributed by atoms with E-state index in [-0.39, 0.29) is 18.4 Å². The number of hydrogen-bond donors (Lipinski definition) is 1. The first kappa shape index (κ1) is 13.7. The number of anilines is 1. The Morgan fingerprint density at radius 3 is 2.95 bits per heavy atom. The van der Waals surface area contributed by atoms with Crippen molar-refractivity contribution in [1.29, 1.82) is 0 Å². The molecule has 110 valence electrons. The second-order valence-corrected chi connectivity index (χ2v) is 4.48. The number of aromatic nitrogens is 1. The molecule has 1 aromatic heterocycles. The lowest BCUT2D eigenvalue weighted by Crippen LogP contribution is -2.38. The monoisotopic (exact) mass is 292 g/mol. The minimum absolute atomic E-state index is 0.132. The van der Waals surface area contributed by atoms with Gasteiger partial charge in [0.15, 0.2) is 6.10 Å². The fraction of sp³-hybridized carbons (Fsp3) is 0.286. The van der Waals surface area contributed by atoms with Crippen molar-refractivity contribution in [3.05, 3.63) is 36.1 Å². The van der Waals surface area contributed by atoms with Gasteiger partial charge in [0.05, 0.1) is 19.8 Å². The van der Waals surface area contributed by atoms with Crippen molar-refractivity contribution in [2.45, 2.75) is 6.10 Å². The van der Waals surface area contributed by atoms with E-state index in [1.165, 1.54) is 12.1 Å². The second kappa shape index (κ2) is 6.02. The van der Waals surface area contributed by atoms with Crippen LogP contribution in [0, 0.1) is 5.82 Å². The smallest absolute Gasteiger partial charge is 0.258 e. The molecule has 1 atom stereocenters. The summed E-state index contributed by atoms with van der Waals surface area (Å²) in [4.78, 5) is 11.9. The highest BCUT2D eigenvalue weighted by atomic mass is 19.1. The highest BCUT2D eigenvalue weighted by molar-refractivity contribution is 5.93. The molecule has 0 saturated carbocycles. The third-order valence-electron chi connectivity index (χ3n) is 3.01. The minimum atomic E-state index is -0.680. The molecule has 0 radical (unpaired) electrons. The predicted molar refractivity (Wildman–Crippen MR) is 71.1 cm³/mol. The van der Waals surface area contributed by atoms with E-state index >= 15 is 0 Å². The van der Waals surface area contributed by atoms with Crippen LogP contribution < -0.4 is 5.32 Å². The Hall–Kier alpha value is -2.25. The van der Waals surface area contributed by atoms with Crippen LogP contribution in [0.1, 0.15) is 0 Å². The predicted octanol–water partition coefficient (Wildman–Crippen LogP) is 1.83. The van der Waals surface area contributed by atoms with E-state index in [0.717, 1.165) is 0 Å². The number of benzene rings is 1. The van der Waals surface area contributed by atoms with Gasteiger partial charge in [0.2, 0.25) is 5.88 Å². The molecule has 1 aliphatic heterocycles. The SMILES string of the molecule is O=C(Nc1cc(-c2ccccc2F)no1)C1COCCO1. The number of nitrogens with one attached hydrogen (secondary N) is 1. The van der Waals surface area contributed by atoms with Crippen LogP contribution in [-0.4, -0.2) is 37.0 Å². The number of nitrogens with zero attached hydrogens (tertiary/aromatic N) is 1. The summed E-state index contributed by atoms with van der Waals surface area (Å²) in [5, 5.41) is 6.27. The van der Waals surface area contributed by atoms with E-state index < -0.39 is 11.9 Å². The highest BCUT2D eigenvalue weighted by Crippen LogP contribution is 2.24. The van der Waals surface area contributed by atoms with Crippen LogP contribution in [-0.2, 0) is 14.3 Å². The first-order valence-corrected chi connectivity index (χ1v) is 6.46. The summed E-state index contributed by atoms with van der Waals surface area (Å²) in [7, 11) is 0. The molecule has 0 bridgehead atoms. The molecular formula is C14H13FN2O4. The topological polar surface area (TPSA) is 73.6 Å². The van der Waals surface area contributed by atoms with E-state index in [0.29, 0.717) is 24.5 Å². The van der Waals surface area contributed by atoms with Crippen molar-refractivity contribution >= 4 is 11.8 Å². The maximum absolute atomic E-state index is 13.6. The zero-order valence-electron chi connectivity index (χ0n) is 11.0. The molecule has 2 aromatic rings. The van der Waals surface area contributed by atoms with Gasteiger partial charge in [-0.15, -0.1) is 0 Å². The fourth-order valence-corrected chi connectivity index (χ4v) is 1.97. The molecule has 0 spiro atoms. The van der Waals surface area contributed by atoms with Gasteiger partial charge >= 0.3 is 0 Å². The molecule has 1 amide bonds. The number of ether oxygens (including phenoxy) is 2. The lowest BCUT2D eigenvalue weighted by atomic mass is 10.1. The summed E-state index contributed by atoms with van der Waals surface area (Å²) >= 11 is 0. The Morgan fingerprint density at radius 1 is 1.33 bits per heavy atom.